The number of oxazole rings is 1. The number of amides is 1. The van der Waals surface area contributed by atoms with Gasteiger partial charge in [0.05, 0.1) is 23.5 Å². The number of anilines is 1. The van der Waals surface area contributed by atoms with Crippen molar-refractivity contribution in [3.05, 3.63) is 82.3 Å². The molecular weight excluding hydrogens is 432 g/mol. The first-order chi connectivity index (χ1) is 14.0. The molecule has 0 spiro atoms. The Morgan fingerprint density at radius 3 is 2.66 bits per heavy atom. The highest BCUT2D eigenvalue weighted by atomic mass is 79.9. The molecule has 1 amide bonds. The van der Waals surface area contributed by atoms with E-state index in [9.17, 15) is 4.79 Å². The first kappa shape index (κ1) is 19.1. The molecule has 2 aromatic heterocycles. The molecule has 29 heavy (non-hydrogen) atoms. The second-order valence-electron chi connectivity index (χ2n) is 6.68. The fraction of sp³-hybridized carbons (Fsp3) is 0.136. The van der Waals surface area contributed by atoms with Gasteiger partial charge in [-0.1, -0.05) is 40.2 Å². The van der Waals surface area contributed by atoms with Crippen LogP contribution in [0.1, 0.15) is 17.1 Å². The number of hydrogen-bond donors (Lipinski definition) is 1. The SMILES string of the molecule is Cc1cc(NC(=O)Cc2nc(-c3ccccc3)oc2C)n(-c2cccc(Br)c2)n1. The maximum absolute atomic E-state index is 12.7. The van der Waals surface area contributed by atoms with Crippen LogP contribution in [0.25, 0.3) is 17.1 Å². The van der Waals surface area contributed by atoms with Crippen molar-refractivity contribution < 1.29 is 9.21 Å². The molecule has 0 fully saturated rings. The van der Waals surface area contributed by atoms with Crippen molar-refractivity contribution in [2.45, 2.75) is 20.3 Å². The molecule has 0 saturated carbocycles. The Labute approximate surface area is 176 Å². The number of rotatable bonds is 5. The van der Waals surface area contributed by atoms with Crippen LogP contribution in [-0.2, 0) is 11.2 Å². The van der Waals surface area contributed by atoms with Crippen LogP contribution in [0.2, 0.25) is 0 Å². The van der Waals surface area contributed by atoms with E-state index >= 15 is 0 Å². The molecular formula is C22H19BrN4O2. The fourth-order valence-corrected chi connectivity index (χ4v) is 3.42. The average molecular weight is 451 g/mol. The lowest BCUT2D eigenvalue weighted by Gasteiger charge is -2.09. The number of aromatic nitrogens is 3. The zero-order valence-corrected chi connectivity index (χ0v) is 17.6. The predicted octanol–water partition coefficient (Wildman–Crippen LogP) is 5.09. The number of aryl methyl sites for hydroxylation is 2. The highest BCUT2D eigenvalue weighted by Gasteiger charge is 2.17. The van der Waals surface area contributed by atoms with Gasteiger partial charge in [-0.15, -0.1) is 0 Å². The first-order valence-electron chi connectivity index (χ1n) is 9.14. The highest BCUT2D eigenvalue weighted by Crippen LogP contribution is 2.23. The number of hydrogen-bond acceptors (Lipinski definition) is 4. The van der Waals surface area contributed by atoms with Crippen LogP contribution in [0.3, 0.4) is 0 Å². The van der Waals surface area contributed by atoms with Crippen LogP contribution in [0.4, 0.5) is 5.82 Å². The summed E-state index contributed by atoms with van der Waals surface area (Å²) in [6, 6.07) is 19.2. The largest absolute Gasteiger partial charge is 0.441 e. The second-order valence-corrected chi connectivity index (χ2v) is 7.59. The summed E-state index contributed by atoms with van der Waals surface area (Å²) in [6.45, 7) is 3.70. The molecule has 0 saturated heterocycles. The van der Waals surface area contributed by atoms with Gasteiger partial charge in [-0.3, -0.25) is 4.79 Å². The molecule has 0 radical (unpaired) electrons. The molecule has 4 rings (SSSR count). The van der Waals surface area contributed by atoms with E-state index in [1.807, 2.05) is 74.5 Å². The first-order valence-corrected chi connectivity index (χ1v) is 9.93. The number of halogens is 1. The van der Waals surface area contributed by atoms with Gasteiger partial charge in [-0.25, -0.2) is 9.67 Å². The van der Waals surface area contributed by atoms with E-state index in [0.29, 0.717) is 23.2 Å². The topological polar surface area (TPSA) is 73.0 Å². The Morgan fingerprint density at radius 1 is 1.10 bits per heavy atom. The molecule has 0 aliphatic carbocycles. The third-order valence-corrected chi connectivity index (χ3v) is 4.89. The quantitative estimate of drug-likeness (QED) is 0.459. The van der Waals surface area contributed by atoms with Crippen LogP contribution in [0, 0.1) is 13.8 Å². The van der Waals surface area contributed by atoms with Crippen LogP contribution in [0.5, 0.6) is 0 Å². The Balaban J connectivity index is 1.54. The van der Waals surface area contributed by atoms with E-state index in [1.54, 1.807) is 4.68 Å². The smallest absolute Gasteiger partial charge is 0.231 e. The molecule has 146 valence electrons. The molecule has 0 unspecified atom stereocenters. The number of benzene rings is 2. The molecule has 7 heteroatoms. The van der Waals surface area contributed by atoms with Crippen molar-refractivity contribution in [2.75, 3.05) is 5.32 Å². The van der Waals surface area contributed by atoms with Gasteiger partial charge in [0, 0.05) is 16.1 Å². The number of nitrogens with zero attached hydrogens (tertiary/aromatic N) is 3. The van der Waals surface area contributed by atoms with Crippen molar-refractivity contribution in [3.63, 3.8) is 0 Å². The van der Waals surface area contributed by atoms with Gasteiger partial charge in [0.2, 0.25) is 11.8 Å². The van der Waals surface area contributed by atoms with Crippen LogP contribution < -0.4 is 5.32 Å². The summed E-state index contributed by atoms with van der Waals surface area (Å²) in [5.41, 5.74) is 3.16. The van der Waals surface area contributed by atoms with E-state index < -0.39 is 0 Å². The number of carbonyl (C=O) groups excluding carboxylic acids is 1. The average Bonchev–Trinajstić information content (AvgIpc) is 3.25. The fourth-order valence-electron chi connectivity index (χ4n) is 3.03. The van der Waals surface area contributed by atoms with Crippen molar-refractivity contribution in [1.82, 2.24) is 14.8 Å². The third-order valence-electron chi connectivity index (χ3n) is 4.39. The Bertz CT molecular complexity index is 1160. The van der Waals surface area contributed by atoms with Crippen molar-refractivity contribution in [3.8, 4) is 17.1 Å². The summed E-state index contributed by atoms with van der Waals surface area (Å²) >= 11 is 3.47. The standard InChI is InChI=1S/C22H19BrN4O2/c1-14-11-20(27(26-14)18-10-6-9-17(23)12-18)25-21(28)13-19-15(2)29-22(24-19)16-7-4-3-5-8-16/h3-12H,13H2,1-2H3,(H,25,28). The molecule has 1 N–H and O–H groups in total. The number of carbonyl (C=O) groups is 1. The zero-order chi connectivity index (χ0) is 20.4. The maximum atomic E-state index is 12.7. The second kappa shape index (κ2) is 8.05. The molecule has 2 heterocycles. The summed E-state index contributed by atoms with van der Waals surface area (Å²) in [7, 11) is 0. The van der Waals surface area contributed by atoms with Crippen LogP contribution >= 0.6 is 15.9 Å². The van der Waals surface area contributed by atoms with Gasteiger partial charge in [-0.05, 0) is 44.2 Å². The zero-order valence-electron chi connectivity index (χ0n) is 16.0. The molecule has 6 nitrogen and oxygen atoms in total. The molecule has 2 aromatic carbocycles. The minimum atomic E-state index is -0.183. The summed E-state index contributed by atoms with van der Waals surface area (Å²) in [6.07, 6.45) is 0.116. The molecule has 0 bridgehead atoms. The predicted molar refractivity (Wildman–Crippen MR) is 115 cm³/mol. The lowest BCUT2D eigenvalue weighted by atomic mass is 10.2. The Hall–Kier alpha value is -3.19. The van der Waals surface area contributed by atoms with E-state index in [-0.39, 0.29) is 12.3 Å². The molecule has 0 aliphatic rings. The van der Waals surface area contributed by atoms with E-state index in [0.717, 1.165) is 21.4 Å². The van der Waals surface area contributed by atoms with Gasteiger partial charge in [0.15, 0.2) is 0 Å². The van der Waals surface area contributed by atoms with E-state index in [1.165, 1.54) is 0 Å². The summed E-state index contributed by atoms with van der Waals surface area (Å²) in [5, 5.41) is 7.43. The lowest BCUT2D eigenvalue weighted by molar-refractivity contribution is -0.115. The van der Waals surface area contributed by atoms with Gasteiger partial charge in [0.1, 0.15) is 11.6 Å². The van der Waals surface area contributed by atoms with Gasteiger partial charge in [0.25, 0.3) is 0 Å². The summed E-state index contributed by atoms with van der Waals surface area (Å²) < 4.78 is 8.40. The minimum Gasteiger partial charge on any atom is -0.441 e. The van der Waals surface area contributed by atoms with Crippen molar-refractivity contribution in [1.29, 1.82) is 0 Å². The van der Waals surface area contributed by atoms with Gasteiger partial charge in [-0.2, -0.15) is 5.10 Å². The summed E-state index contributed by atoms with van der Waals surface area (Å²) in [5.74, 6) is 1.57. The lowest BCUT2D eigenvalue weighted by Crippen LogP contribution is -2.17. The molecule has 4 aromatic rings. The molecule has 0 aliphatic heterocycles. The van der Waals surface area contributed by atoms with Crippen molar-refractivity contribution >= 4 is 27.7 Å². The highest BCUT2D eigenvalue weighted by molar-refractivity contribution is 9.10. The van der Waals surface area contributed by atoms with Crippen LogP contribution in [-0.4, -0.2) is 20.7 Å². The maximum Gasteiger partial charge on any atom is 0.231 e. The summed E-state index contributed by atoms with van der Waals surface area (Å²) in [4.78, 5) is 17.2. The monoisotopic (exact) mass is 450 g/mol. The van der Waals surface area contributed by atoms with Crippen molar-refractivity contribution in [2.24, 2.45) is 0 Å². The van der Waals surface area contributed by atoms with E-state index in [2.05, 4.69) is 31.3 Å². The van der Waals surface area contributed by atoms with Gasteiger partial charge >= 0.3 is 0 Å². The Morgan fingerprint density at radius 2 is 1.90 bits per heavy atom. The van der Waals surface area contributed by atoms with Gasteiger partial charge < -0.3 is 9.73 Å². The Kier molecular flexibility index (Phi) is 5.31. The number of nitrogens with one attached hydrogen (secondary N) is 1. The van der Waals surface area contributed by atoms with E-state index in [4.69, 9.17) is 4.42 Å². The van der Waals surface area contributed by atoms with Crippen LogP contribution in [0.15, 0.2) is 69.6 Å². The third kappa shape index (κ3) is 4.30. The minimum absolute atomic E-state index is 0.116. The normalized spacial score (nSPS) is 10.9. The molecule has 0 atom stereocenters.